The highest BCUT2D eigenvalue weighted by atomic mass is 19.4. The first-order chi connectivity index (χ1) is 11.8. The van der Waals surface area contributed by atoms with Gasteiger partial charge in [0.05, 0.1) is 5.92 Å². The van der Waals surface area contributed by atoms with Crippen LogP contribution in [0.5, 0.6) is 0 Å². The van der Waals surface area contributed by atoms with Crippen molar-refractivity contribution in [1.29, 1.82) is 0 Å². The molecule has 1 aromatic carbocycles. The molecule has 1 atom stereocenters. The Morgan fingerprint density at radius 3 is 2.24 bits per heavy atom. The predicted molar refractivity (Wildman–Crippen MR) is 85.8 cm³/mol. The van der Waals surface area contributed by atoms with Crippen molar-refractivity contribution in [2.45, 2.75) is 50.7 Å². The van der Waals surface area contributed by atoms with Crippen molar-refractivity contribution in [3.05, 3.63) is 35.9 Å². The Balaban J connectivity index is 1.83. The molecule has 25 heavy (non-hydrogen) atoms. The van der Waals surface area contributed by atoms with E-state index in [9.17, 15) is 27.9 Å². The fourth-order valence-electron chi connectivity index (χ4n) is 3.26. The van der Waals surface area contributed by atoms with E-state index >= 15 is 0 Å². The molecule has 0 spiro atoms. The van der Waals surface area contributed by atoms with Crippen molar-refractivity contribution in [3.8, 4) is 0 Å². The minimum absolute atomic E-state index is 0.0355. The van der Waals surface area contributed by atoms with E-state index in [1.54, 1.807) is 24.3 Å². The zero-order valence-corrected chi connectivity index (χ0v) is 13.8. The van der Waals surface area contributed by atoms with Crippen molar-refractivity contribution in [2.75, 3.05) is 0 Å². The molecule has 0 bridgehead atoms. The monoisotopic (exact) mass is 357 g/mol. The number of carboxylic acid groups (broad SMARTS) is 1. The van der Waals surface area contributed by atoms with E-state index in [0.717, 1.165) is 5.56 Å². The summed E-state index contributed by atoms with van der Waals surface area (Å²) in [7, 11) is 0. The number of alkyl halides is 3. The Morgan fingerprint density at radius 1 is 1.12 bits per heavy atom. The van der Waals surface area contributed by atoms with Gasteiger partial charge in [0.25, 0.3) is 0 Å². The normalized spacial score (nSPS) is 22.2. The summed E-state index contributed by atoms with van der Waals surface area (Å²) in [5, 5.41) is 11.8. The second-order valence-corrected chi connectivity index (χ2v) is 6.61. The number of carbonyl (C=O) groups excluding carboxylic acids is 1. The molecular formula is C18H22F3NO3. The fourth-order valence-corrected chi connectivity index (χ4v) is 3.26. The van der Waals surface area contributed by atoms with Gasteiger partial charge in [0.15, 0.2) is 0 Å². The smallest absolute Gasteiger partial charge is 0.391 e. The molecule has 0 aromatic heterocycles. The first kappa shape index (κ1) is 19.3. The van der Waals surface area contributed by atoms with Gasteiger partial charge in [0, 0.05) is 12.8 Å². The van der Waals surface area contributed by atoms with Crippen LogP contribution in [0.2, 0.25) is 0 Å². The van der Waals surface area contributed by atoms with Crippen LogP contribution in [0.4, 0.5) is 13.2 Å². The van der Waals surface area contributed by atoms with Crippen LogP contribution in [0, 0.1) is 11.8 Å². The highest BCUT2D eigenvalue weighted by molar-refractivity contribution is 5.83. The topological polar surface area (TPSA) is 66.4 Å². The molecule has 2 rings (SSSR count). The van der Waals surface area contributed by atoms with Crippen LogP contribution in [-0.2, 0) is 16.0 Å². The molecule has 2 N–H and O–H groups in total. The molecule has 1 aliphatic carbocycles. The lowest BCUT2D eigenvalue weighted by Gasteiger charge is -2.29. The largest absolute Gasteiger partial charge is 0.480 e. The van der Waals surface area contributed by atoms with Crippen molar-refractivity contribution in [3.63, 3.8) is 0 Å². The van der Waals surface area contributed by atoms with Gasteiger partial charge in [0.1, 0.15) is 6.04 Å². The molecule has 0 heterocycles. The summed E-state index contributed by atoms with van der Waals surface area (Å²) in [5.74, 6) is -2.95. The highest BCUT2D eigenvalue weighted by Gasteiger charge is 2.41. The van der Waals surface area contributed by atoms with E-state index in [-0.39, 0.29) is 31.6 Å². The maximum absolute atomic E-state index is 12.7. The minimum Gasteiger partial charge on any atom is -0.480 e. The van der Waals surface area contributed by atoms with Crippen LogP contribution < -0.4 is 5.32 Å². The van der Waals surface area contributed by atoms with Gasteiger partial charge >= 0.3 is 12.1 Å². The number of amides is 1. The second kappa shape index (κ2) is 8.36. The summed E-state index contributed by atoms with van der Waals surface area (Å²) in [6, 6.07) is 7.90. The van der Waals surface area contributed by atoms with Crippen molar-refractivity contribution >= 4 is 11.9 Å². The number of benzene rings is 1. The van der Waals surface area contributed by atoms with Gasteiger partial charge < -0.3 is 10.4 Å². The quantitative estimate of drug-likeness (QED) is 0.818. The molecule has 0 aliphatic heterocycles. The molecule has 138 valence electrons. The maximum atomic E-state index is 12.7. The summed E-state index contributed by atoms with van der Waals surface area (Å²) < 4.78 is 38.0. The Hall–Kier alpha value is -2.05. The van der Waals surface area contributed by atoms with Gasteiger partial charge in [-0.1, -0.05) is 30.3 Å². The lowest BCUT2D eigenvalue weighted by Crippen LogP contribution is -2.43. The Bertz CT molecular complexity index is 581. The average Bonchev–Trinajstić information content (AvgIpc) is 2.54. The molecule has 0 saturated heterocycles. The van der Waals surface area contributed by atoms with E-state index in [0.29, 0.717) is 12.8 Å². The molecule has 1 amide bonds. The van der Waals surface area contributed by atoms with Crippen LogP contribution in [0.1, 0.15) is 37.7 Å². The third kappa shape index (κ3) is 6.07. The number of hydrogen-bond acceptors (Lipinski definition) is 2. The molecule has 1 aromatic rings. The van der Waals surface area contributed by atoms with E-state index < -0.39 is 30.0 Å². The zero-order chi connectivity index (χ0) is 18.4. The number of rotatable bonds is 6. The lowest BCUT2D eigenvalue weighted by molar-refractivity contribution is -0.184. The Morgan fingerprint density at radius 2 is 1.72 bits per heavy atom. The van der Waals surface area contributed by atoms with Crippen LogP contribution in [0.15, 0.2) is 30.3 Å². The van der Waals surface area contributed by atoms with Crippen molar-refractivity contribution in [2.24, 2.45) is 11.8 Å². The third-order valence-electron chi connectivity index (χ3n) is 4.70. The van der Waals surface area contributed by atoms with E-state index in [2.05, 4.69) is 5.32 Å². The summed E-state index contributed by atoms with van der Waals surface area (Å²) in [4.78, 5) is 23.4. The van der Waals surface area contributed by atoms with E-state index in [1.165, 1.54) is 0 Å². The fraction of sp³-hybridized carbons (Fsp3) is 0.556. The zero-order valence-electron chi connectivity index (χ0n) is 13.8. The van der Waals surface area contributed by atoms with Gasteiger partial charge in [0.2, 0.25) is 5.91 Å². The number of carbonyl (C=O) groups is 2. The molecule has 7 heteroatoms. The van der Waals surface area contributed by atoms with Crippen molar-refractivity contribution in [1.82, 2.24) is 5.32 Å². The molecular weight excluding hydrogens is 335 g/mol. The summed E-state index contributed by atoms with van der Waals surface area (Å²) in [5.41, 5.74) is 0.792. The first-order valence-electron chi connectivity index (χ1n) is 8.38. The van der Waals surface area contributed by atoms with Gasteiger partial charge in [-0.2, -0.15) is 13.2 Å². The maximum Gasteiger partial charge on any atom is 0.391 e. The second-order valence-electron chi connectivity index (χ2n) is 6.61. The van der Waals surface area contributed by atoms with E-state index in [4.69, 9.17) is 0 Å². The number of carboxylic acids is 1. The van der Waals surface area contributed by atoms with Gasteiger partial charge in [-0.05, 0) is 37.2 Å². The number of hydrogen-bond donors (Lipinski definition) is 2. The third-order valence-corrected chi connectivity index (χ3v) is 4.70. The summed E-state index contributed by atoms with van der Waals surface area (Å²) >= 11 is 0. The SMILES string of the molecule is O=C(CC1CCC(C(F)(F)F)CC1)N[C@H](Cc1ccccc1)C(=O)O. The molecule has 0 unspecified atom stereocenters. The highest BCUT2D eigenvalue weighted by Crippen LogP contribution is 2.40. The Kier molecular flexibility index (Phi) is 6.45. The minimum atomic E-state index is -4.17. The van der Waals surface area contributed by atoms with Crippen LogP contribution in [0.3, 0.4) is 0 Å². The molecule has 1 saturated carbocycles. The van der Waals surface area contributed by atoms with Crippen LogP contribution >= 0.6 is 0 Å². The summed E-state index contributed by atoms with van der Waals surface area (Å²) in [6.07, 6.45) is -3.17. The van der Waals surface area contributed by atoms with Crippen molar-refractivity contribution < 1.29 is 27.9 Å². The number of nitrogens with one attached hydrogen (secondary N) is 1. The molecule has 0 radical (unpaired) electrons. The number of halogens is 3. The molecule has 4 nitrogen and oxygen atoms in total. The van der Waals surface area contributed by atoms with Gasteiger partial charge in [-0.25, -0.2) is 4.79 Å². The standard InChI is InChI=1S/C18H22F3NO3/c19-18(20,21)14-8-6-13(7-9-14)11-16(23)22-15(17(24)25)10-12-4-2-1-3-5-12/h1-5,13-15H,6-11H2,(H,22,23)(H,24,25)/t13?,14?,15-/m1/s1. The van der Waals surface area contributed by atoms with Crippen LogP contribution in [0.25, 0.3) is 0 Å². The van der Waals surface area contributed by atoms with Gasteiger partial charge in [-0.3, -0.25) is 4.79 Å². The van der Waals surface area contributed by atoms with Gasteiger partial charge in [-0.15, -0.1) is 0 Å². The summed E-state index contributed by atoms with van der Waals surface area (Å²) in [6.45, 7) is 0. The van der Waals surface area contributed by atoms with E-state index in [1.807, 2.05) is 6.07 Å². The van der Waals surface area contributed by atoms with Crippen LogP contribution in [-0.4, -0.2) is 29.2 Å². The molecule has 1 fully saturated rings. The lowest BCUT2D eigenvalue weighted by atomic mass is 9.80. The number of aliphatic carboxylic acids is 1. The first-order valence-corrected chi connectivity index (χ1v) is 8.38. The predicted octanol–water partition coefficient (Wildman–Crippen LogP) is 3.56. The molecule has 1 aliphatic rings. The average molecular weight is 357 g/mol. The Labute approximate surface area is 144 Å².